The summed E-state index contributed by atoms with van der Waals surface area (Å²) >= 11 is 1.45. The van der Waals surface area contributed by atoms with Crippen LogP contribution in [0.15, 0.2) is 44.8 Å². The maximum absolute atomic E-state index is 12.4. The van der Waals surface area contributed by atoms with Gasteiger partial charge in [0, 0.05) is 26.3 Å². The number of carbonyl (C=O) groups excluding carboxylic acids is 1. The largest absolute Gasteiger partial charge is 0.461 e. The number of nitrogens with one attached hydrogen (secondary N) is 2. The number of thioether (sulfide) groups is 1. The SMILES string of the molecule is COCCNc1nc(SC)nc2c1cnn2CCNC(=O)c1cc(-c2ccco2)on1. The molecule has 4 heterocycles. The molecule has 0 saturated heterocycles. The number of nitrogens with zero attached hydrogens (tertiary/aromatic N) is 5. The molecule has 11 nitrogen and oxygen atoms in total. The lowest BCUT2D eigenvalue weighted by molar-refractivity contribution is 0.0943. The van der Waals surface area contributed by atoms with E-state index in [4.69, 9.17) is 13.7 Å². The predicted octanol–water partition coefficient (Wildman–Crippen LogP) is 2.28. The third kappa shape index (κ3) is 4.70. The minimum absolute atomic E-state index is 0.174. The molecule has 0 atom stereocenters. The number of fused-ring (bicyclic) bond motifs is 1. The second kappa shape index (κ2) is 9.62. The average Bonchev–Trinajstić information content (AvgIpc) is 3.54. The Morgan fingerprint density at radius 3 is 2.97 bits per heavy atom. The molecule has 0 aliphatic heterocycles. The molecule has 0 spiro atoms. The second-order valence-corrected chi connectivity index (χ2v) is 7.17. The molecule has 0 fully saturated rings. The molecule has 0 bridgehead atoms. The number of aromatic nitrogens is 5. The summed E-state index contributed by atoms with van der Waals surface area (Å²) in [4.78, 5) is 21.4. The first-order valence-corrected chi connectivity index (χ1v) is 10.7. The third-order valence-corrected chi connectivity index (χ3v) is 4.92. The lowest BCUT2D eigenvalue weighted by Crippen LogP contribution is -2.27. The van der Waals surface area contributed by atoms with Gasteiger partial charge in [-0.3, -0.25) is 4.79 Å². The maximum atomic E-state index is 12.4. The smallest absolute Gasteiger partial charge is 0.273 e. The van der Waals surface area contributed by atoms with Crippen LogP contribution in [0.1, 0.15) is 10.5 Å². The fourth-order valence-corrected chi connectivity index (χ4v) is 3.24. The zero-order chi connectivity index (χ0) is 21.6. The molecule has 0 radical (unpaired) electrons. The minimum Gasteiger partial charge on any atom is -0.461 e. The summed E-state index contributed by atoms with van der Waals surface area (Å²) in [5.41, 5.74) is 0.864. The Hall–Kier alpha value is -3.38. The van der Waals surface area contributed by atoms with Crippen molar-refractivity contribution in [1.29, 1.82) is 0 Å². The second-order valence-electron chi connectivity index (χ2n) is 6.39. The molecule has 12 heteroatoms. The molecule has 0 aliphatic rings. The molecular weight excluding hydrogens is 422 g/mol. The highest BCUT2D eigenvalue weighted by molar-refractivity contribution is 7.98. The number of amides is 1. The van der Waals surface area contributed by atoms with Gasteiger partial charge in [0.1, 0.15) is 5.82 Å². The number of carbonyl (C=O) groups is 1. The van der Waals surface area contributed by atoms with Crippen LogP contribution in [0.2, 0.25) is 0 Å². The van der Waals surface area contributed by atoms with Crippen molar-refractivity contribution in [3.8, 4) is 11.5 Å². The van der Waals surface area contributed by atoms with Crippen LogP contribution >= 0.6 is 11.8 Å². The first-order chi connectivity index (χ1) is 15.2. The molecule has 4 rings (SSSR count). The Kier molecular flexibility index (Phi) is 6.48. The summed E-state index contributed by atoms with van der Waals surface area (Å²) < 4.78 is 17.2. The van der Waals surface area contributed by atoms with E-state index in [0.29, 0.717) is 54.4 Å². The monoisotopic (exact) mass is 443 g/mol. The topological polar surface area (TPSA) is 133 Å². The zero-order valence-electron chi connectivity index (χ0n) is 17.0. The molecule has 0 aromatic carbocycles. The van der Waals surface area contributed by atoms with Gasteiger partial charge >= 0.3 is 0 Å². The molecule has 0 saturated carbocycles. The summed E-state index contributed by atoms with van der Waals surface area (Å²) in [6.45, 7) is 1.95. The first kappa shape index (κ1) is 20.9. The highest BCUT2D eigenvalue weighted by Crippen LogP contribution is 2.23. The van der Waals surface area contributed by atoms with Crippen LogP contribution in [0.3, 0.4) is 0 Å². The standard InChI is InChI=1S/C19H21N7O4S/c1-28-9-6-20-16-12-11-22-26(17(12)24-19(23-16)31-2)7-5-21-18(27)13-10-15(30-25-13)14-4-3-8-29-14/h3-4,8,10-11H,5-7,9H2,1-2H3,(H,21,27)(H,20,23,24). The Balaban J connectivity index is 1.42. The lowest BCUT2D eigenvalue weighted by atomic mass is 10.3. The summed E-state index contributed by atoms with van der Waals surface area (Å²) in [6.07, 6.45) is 5.15. The molecule has 162 valence electrons. The summed E-state index contributed by atoms with van der Waals surface area (Å²) in [6, 6.07) is 5.00. The van der Waals surface area contributed by atoms with Gasteiger partial charge in [-0.25, -0.2) is 14.6 Å². The number of hydrogen-bond acceptors (Lipinski definition) is 10. The predicted molar refractivity (Wildman–Crippen MR) is 114 cm³/mol. The molecule has 4 aromatic rings. The Morgan fingerprint density at radius 1 is 1.29 bits per heavy atom. The fourth-order valence-electron chi connectivity index (χ4n) is 2.88. The highest BCUT2D eigenvalue weighted by Gasteiger charge is 2.16. The molecule has 0 aliphatic carbocycles. The van der Waals surface area contributed by atoms with E-state index in [-0.39, 0.29) is 11.6 Å². The van der Waals surface area contributed by atoms with Crippen molar-refractivity contribution in [1.82, 2.24) is 30.2 Å². The van der Waals surface area contributed by atoms with E-state index >= 15 is 0 Å². The van der Waals surface area contributed by atoms with E-state index in [9.17, 15) is 4.79 Å². The van der Waals surface area contributed by atoms with Crippen LogP contribution in [0.25, 0.3) is 22.6 Å². The van der Waals surface area contributed by atoms with Gasteiger partial charge in [0.15, 0.2) is 22.3 Å². The number of hydrogen-bond donors (Lipinski definition) is 2. The Bertz CT molecular complexity index is 1160. The summed E-state index contributed by atoms with van der Waals surface area (Å²) in [5.74, 6) is 1.26. The first-order valence-electron chi connectivity index (χ1n) is 9.48. The third-order valence-electron chi connectivity index (χ3n) is 4.37. The molecule has 2 N–H and O–H groups in total. The number of furan rings is 1. The van der Waals surface area contributed by atoms with E-state index < -0.39 is 0 Å². The average molecular weight is 443 g/mol. The van der Waals surface area contributed by atoms with Crippen LogP contribution in [0.4, 0.5) is 5.82 Å². The van der Waals surface area contributed by atoms with Crippen LogP contribution in [-0.4, -0.2) is 63.9 Å². The van der Waals surface area contributed by atoms with Crippen molar-refractivity contribution in [2.75, 3.05) is 38.4 Å². The van der Waals surface area contributed by atoms with Gasteiger partial charge in [-0.05, 0) is 18.4 Å². The molecule has 0 unspecified atom stereocenters. The number of rotatable bonds is 10. The van der Waals surface area contributed by atoms with Gasteiger partial charge in [0.2, 0.25) is 5.76 Å². The van der Waals surface area contributed by atoms with Gasteiger partial charge in [0.05, 0.1) is 31.0 Å². The van der Waals surface area contributed by atoms with Crippen molar-refractivity contribution in [3.63, 3.8) is 0 Å². The normalized spacial score (nSPS) is 11.2. The molecule has 31 heavy (non-hydrogen) atoms. The maximum Gasteiger partial charge on any atom is 0.273 e. The van der Waals surface area contributed by atoms with E-state index in [2.05, 4.69) is 30.9 Å². The lowest BCUT2D eigenvalue weighted by Gasteiger charge is -2.09. The highest BCUT2D eigenvalue weighted by atomic mass is 32.2. The number of methoxy groups -OCH3 is 1. The molecular formula is C19H21N7O4S. The number of ether oxygens (including phenoxy) is 1. The quantitative estimate of drug-likeness (QED) is 0.214. The van der Waals surface area contributed by atoms with E-state index in [0.717, 1.165) is 5.39 Å². The van der Waals surface area contributed by atoms with E-state index in [1.54, 1.807) is 30.1 Å². The van der Waals surface area contributed by atoms with E-state index in [1.807, 2.05) is 6.26 Å². The molecule has 1 amide bonds. The van der Waals surface area contributed by atoms with Gasteiger partial charge in [0.25, 0.3) is 5.91 Å². The minimum atomic E-state index is -0.348. The van der Waals surface area contributed by atoms with Crippen LogP contribution in [0.5, 0.6) is 0 Å². The Morgan fingerprint density at radius 2 is 2.19 bits per heavy atom. The van der Waals surface area contributed by atoms with Crippen LogP contribution < -0.4 is 10.6 Å². The van der Waals surface area contributed by atoms with Crippen molar-refractivity contribution in [2.24, 2.45) is 0 Å². The van der Waals surface area contributed by atoms with Crippen LogP contribution in [-0.2, 0) is 11.3 Å². The number of anilines is 1. The van der Waals surface area contributed by atoms with Gasteiger partial charge in [-0.1, -0.05) is 16.9 Å². The van der Waals surface area contributed by atoms with Gasteiger partial charge < -0.3 is 24.3 Å². The van der Waals surface area contributed by atoms with Crippen LogP contribution in [0, 0.1) is 0 Å². The summed E-state index contributed by atoms with van der Waals surface area (Å²) in [7, 11) is 1.65. The fraction of sp³-hybridized carbons (Fsp3) is 0.316. The van der Waals surface area contributed by atoms with Crippen molar-refractivity contribution >= 4 is 34.5 Å². The van der Waals surface area contributed by atoms with Crippen molar-refractivity contribution in [2.45, 2.75) is 11.7 Å². The van der Waals surface area contributed by atoms with E-state index in [1.165, 1.54) is 24.1 Å². The zero-order valence-corrected chi connectivity index (χ0v) is 17.8. The Labute approximate surface area is 181 Å². The molecule has 4 aromatic heterocycles. The summed E-state index contributed by atoms with van der Waals surface area (Å²) in [5, 5.41) is 15.7. The van der Waals surface area contributed by atoms with Gasteiger partial charge in [-0.15, -0.1) is 0 Å². The van der Waals surface area contributed by atoms with Crippen molar-refractivity contribution < 1.29 is 18.5 Å². The van der Waals surface area contributed by atoms with Gasteiger partial charge in [-0.2, -0.15) is 5.10 Å². The van der Waals surface area contributed by atoms with Crippen molar-refractivity contribution in [3.05, 3.63) is 36.4 Å².